The first-order valence-corrected chi connectivity index (χ1v) is 8.38. The van der Waals surface area contributed by atoms with Gasteiger partial charge in [-0.05, 0) is 36.6 Å². The van der Waals surface area contributed by atoms with Crippen LogP contribution >= 0.6 is 15.9 Å². The van der Waals surface area contributed by atoms with Gasteiger partial charge in [0.2, 0.25) is 0 Å². The second-order valence-electron chi connectivity index (χ2n) is 6.01. The Morgan fingerprint density at radius 1 is 1.05 bits per heavy atom. The maximum atomic E-state index is 3.59. The monoisotopic (exact) mass is 345 g/mol. The summed E-state index contributed by atoms with van der Waals surface area (Å²) in [5.74, 6) is 0.501. The van der Waals surface area contributed by atoms with Crippen molar-refractivity contribution in [1.29, 1.82) is 0 Å². The Morgan fingerprint density at radius 3 is 2.48 bits per heavy atom. The number of benzene rings is 2. The minimum Gasteiger partial charge on any atom is -0.314 e. The maximum absolute atomic E-state index is 3.59. The highest BCUT2D eigenvalue weighted by Gasteiger charge is 2.13. The van der Waals surface area contributed by atoms with Gasteiger partial charge in [0.1, 0.15) is 0 Å². The molecule has 21 heavy (non-hydrogen) atoms. The van der Waals surface area contributed by atoms with E-state index in [9.17, 15) is 0 Å². The summed E-state index contributed by atoms with van der Waals surface area (Å²) in [5, 5.41) is 3.59. The molecular weight excluding hydrogens is 322 g/mol. The molecule has 0 aliphatic carbocycles. The molecule has 0 amide bonds. The Hall–Kier alpha value is -1.12. The minimum atomic E-state index is 0.501. The largest absolute Gasteiger partial charge is 0.314 e. The first kappa shape index (κ1) is 16.3. The third-order valence-electron chi connectivity index (χ3n) is 3.66. The third-order valence-corrected chi connectivity index (χ3v) is 4.15. The summed E-state index contributed by atoms with van der Waals surface area (Å²) in [6.07, 6.45) is 1.06. The average molecular weight is 346 g/mol. The standard InChI is InChI=1S/C19H24BrN/c1-14(2)21-13-18(17-8-4-6-15(3)10-17)11-16-7-5-9-19(20)12-16/h4-10,12,14,18,21H,11,13H2,1-3H3. The number of hydrogen-bond acceptors (Lipinski definition) is 1. The number of rotatable bonds is 6. The fourth-order valence-electron chi connectivity index (χ4n) is 2.56. The van der Waals surface area contributed by atoms with Crippen molar-refractivity contribution in [2.24, 2.45) is 0 Å². The second-order valence-corrected chi connectivity index (χ2v) is 6.92. The molecule has 1 N–H and O–H groups in total. The van der Waals surface area contributed by atoms with Gasteiger partial charge in [0.15, 0.2) is 0 Å². The zero-order chi connectivity index (χ0) is 15.2. The van der Waals surface area contributed by atoms with Crippen molar-refractivity contribution < 1.29 is 0 Å². The predicted octanol–water partition coefficient (Wildman–Crippen LogP) is 5.08. The van der Waals surface area contributed by atoms with Crippen molar-refractivity contribution in [3.05, 3.63) is 69.7 Å². The van der Waals surface area contributed by atoms with Crippen LogP contribution < -0.4 is 5.32 Å². The molecule has 0 radical (unpaired) electrons. The lowest BCUT2D eigenvalue weighted by Crippen LogP contribution is -2.29. The molecule has 2 rings (SSSR count). The van der Waals surface area contributed by atoms with Crippen LogP contribution in [-0.2, 0) is 6.42 Å². The zero-order valence-electron chi connectivity index (χ0n) is 13.1. The molecule has 0 fully saturated rings. The van der Waals surface area contributed by atoms with Gasteiger partial charge in [-0.2, -0.15) is 0 Å². The van der Waals surface area contributed by atoms with Gasteiger partial charge in [-0.1, -0.05) is 71.7 Å². The first-order valence-electron chi connectivity index (χ1n) is 7.59. The van der Waals surface area contributed by atoms with Crippen molar-refractivity contribution in [1.82, 2.24) is 5.32 Å². The molecule has 0 spiro atoms. The summed E-state index contributed by atoms with van der Waals surface area (Å²) in [6.45, 7) is 7.57. The summed E-state index contributed by atoms with van der Waals surface area (Å²) < 4.78 is 1.15. The molecule has 2 aromatic carbocycles. The van der Waals surface area contributed by atoms with E-state index in [0.717, 1.165) is 17.4 Å². The molecule has 2 aromatic rings. The smallest absolute Gasteiger partial charge is 0.0177 e. The van der Waals surface area contributed by atoms with E-state index in [1.807, 2.05) is 0 Å². The fraction of sp³-hybridized carbons (Fsp3) is 0.368. The third kappa shape index (κ3) is 5.29. The quantitative estimate of drug-likeness (QED) is 0.769. The number of halogens is 1. The van der Waals surface area contributed by atoms with Gasteiger partial charge in [0.05, 0.1) is 0 Å². The molecule has 0 aliphatic heterocycles. The van der Waals surface area contributed by atoms with Crippen LogP contribution in [0.1, 0.15) is 36.5 Å². The Kier molecular flexibility index (Phi) is 6.01. The Bertz CT molecular complexity index is 577. The van der Waals surface area contributed by atoms with Crippen molar-refractivity contribution in [2.75, 3.05) is 6.54 Å². The summed E-state index contributed by atoms with van der Waals surface area (Å²) in [6, 6.07) is 18.0. The van der Waals surface area contributed by atoms with Gasteiger partial charge in [-0.3, -0.25) is 0 Å². The first-order chi connectivity index (χ1) is 10.0. The SMILES string of the molecule is Cc1cccc(C(CNC(C)C)Cc2cccc(Br)c2)c1. The number of nitrogens with one attached hydrogen (secondary N) is 1. The average Bonchev–Trinajstić information content (AvgIpc) is 2.43. The van der Waals surface area contributed by atoms with Crippen LogP contribution in [0.4, 0.5) is 0 Å². The molecule has 0 bridgehead atoms. The molecule has 0 saturated carbocycles. The van der Waals surface area contributed by atoms with E-state index in [0.29, 0.717) is 12.0 Å². The molecule has 2 heteroatoms. The molecule has 1 atom stereocenters. The van der Waals surface area contributed by atoms with Crippen molar-refractivity contribution in [3.63, 3.8) is 0 Å². The Morgan fingerprint density at radius 2 is 1.81 bits per heavy atom. The van der Waals surface area contributed by atoms with E-state index in [2.05, 4.69) is 90.5 Å². The summed E-state index contributed by atoms with van der Waals surface area (Å²) >= 11 is 3.57. The summed E-state index contributed by atoms with van der Waals surface area (Å²) in [7, 11) is 0. The van der Waals surface area contributed by atoms with Crippen molar-refractivity contribution in [3.8, 4) is 0 Å². The van der Waals surface area contributed by atoms with Gasteiger partial charge in [-0.15, -0.1) is 0 Å². The van der Waals surface area contributed by atoms with Crippen LogP contribution in [0.15, 0.2) is 53.0 Å². The number of hydrogen-bond donors (Lipinski definition) is 1. The van der Waals surface area contributed by atoms with Gasteiger partial charge in [0, 0.05) is 23.0 Å². The lowest BCUT2D eigenvalue weighted by atomic mass is 9.91. The van der Waals surface area contributed by atoms with E-state index < -0.39 is 0 Å². The minimum absolute atomic E-state index is 0.501. The van der Waals surface area contributed by atoms with Gasteiger partial charge in [-0.25, -0.2) is 0 Å². The highest BCUT2D eigenvalue weighted by atomic mass is 79.9. The molecule has 0 heterocycles. The molecule has 0 aliphatic rings. The molecule has 0 aromatic heterocycles. The van der Waals surface area contributed by atoms with Crippen molar-refractivity contribution in [2.45, 2.75) is 39.2 Å². The van der Waals surface area contributed by atoms with Gasteiger partial charge in [0.25, 0.3) is 0 Å². The molecule has 1 unspecified atom stereocenters. The topological polar surface area (TPSA) is 12.0 Å². The molecule has 112 valence electrons. The van der Waals surface area contributed by atoms with Crippen LogP contribution in [0.25, 0.3) is 0 Å². The Labute approximate surface area is 136 Å². The van der Waals surface area contributed by atoms with E-state index in [1.54, 1.807) is 0 Å². The van der Waals surface area contributed by atoms with Crippen LogP contribution in [0.2, 0.25) is 0 Å². The van der Waals surface area contributed by atoms with Crippen LogP contribution in [0, 0.1) is 6.92 Å². The molecule has 1 nitrogen and oxygen atoms in total. The molecular formula is C19H24BrN. The summed E-state index contributed by atoms with van der Waals surface area (Å²) in [5.41, 5.74) is 4.13. The van der Waals surface area contributed by atoms with Gasteiger partial charge < -0.3 is 5.32 Å². The predicted molar refractivity (Wildman–Crippen MR) is 94.9 cm³/mol. The highest BCUT2D eigenvalue weighted by Crippen LogP contribution is 2.23. The van der Waals surface area contributed by atoms with E-state index in [1.165, 1.54) is 16.7 Å². The van der Waals surface area contributed by atoms with Crippen molar-refractivity contribution >= 4 is 15.9 Å². The maximum Gasteiger partial charge on any atom is 0.0177 e. The zero-order valence-corrected chi connectivity index (χ0v) is 14.7. The lowest BCUT2D eigenvalue weighted by Gasteiger charge is -2.20. The van der Waals surface area contributed by atoms with E-state index in [-0.39, 0.29) is 0 Å². The second kappa shape index (κ2) is 7.77. The highest BCUT2D eigenvalue weighted by molar-refractivity contribution is 9.10. The van der Waals surface area contributed by atoms with Gasteiger partial charge >= 0.3 is 0 Å². The van der Waals surface area contributed by atoms with Crippen LogP contribution in [0.5, 0.6) is 0 Å². The fourth-order valence-corrected chi connectivity index (χ4v) is 3.00. The number of aryl methyl sites for hydroxylation is 1. The van der Waals surface area contributed by atoms with E-state index >= 15 is 0 Å². The molecule has 0 saturated heterocycles. The van der Waals surface area contributed by atoms with Crippen LogP contribution in [0.3, 0.4) is 0 Å². The van der Waals surface area contributed by atoms with E-state index in [4.69, 9.17) is 0 Å². The normalized spacial score (nSPS) is 12.6. The lowest BCUT2D eigenvalue weighted by molar-refractivity contribution is 0.526. The van der Waals surface area contributed by atoms with Crippen LogP contribution in [-0.4, -0.2) is 12.6 Å². The summed E-state index contributed by atoms with van der Waals surface area (Å²) in [4.78, 5) is 0. The Balaban J connectivity index is 2.19.